The van der Waals surface area contributed by atoms with Crippen molar-refractivity contribution in [1.82, 2.24) is 14.5 Å². The number of carbonyl (C=O) groups excluding carboxylic acids is 1. The Labute approximate surface area is 239 Å². The molecule has 11 heteroatoms. The quantitative estimate of drug-likeness (QED) is 0.119. The van der Waals surface area contributed by atoms with Gasteiger partial charge in [0.05, 0.1) is 24.6 Å². The van der Waals surface area contributed by atoms with Gasteiger partial charge in [-0.2, -0.15) is 0 Å². The molecule has 1 heterocycles. The minimum Gasteiger partial charge on any atom is -0.508 e. The zero-order valence-corrected chi connectivity index (χ0v) is 23.4. The van der Waals surface area contributed by atoms with Crippen molar-refractivity contribution in [3.05, 3.63) is 75.8 Å². The van der Waals surface area contributed by atoms with E-state index in [4.69, 9.17) is 10.5 Å². The average Bonchev–Trinajstić information content (AvgIpc) is 3.23. The fourth-order valence-electron chi connectivity index (χ4n) is 4.56. The third-order valence-corrected chi connectivity index (χ3v) is 6.85. The molecule has 1 atom stereocenters. The molecule has 0 radical (unpaired) electrons. The number of hydrogen-bond acceptors (Lipinski definition) is 8. The van der Waals surface area contributed by atoms with Crippen molar-refractivity contribution in [3.63, 3.8) is 0 Å². The van der Waals surface area contributed by atoms with Crippen LogP contribution in [0.3, 0.4) is 0 Å². The molecule has 0 aliphatic heterocycles. The Bertz CT molecular complexity index is 1300. The number of phenols is 1. The third-order valence-electron chi connectivity index (χ3n) is 6.85. The maximum Gasteiger partial charge on any atom is 0.336 e. The van der Waals surface area contributed by atoms with Gasteiger partial charge in [0.1, 0.15) is 12.3 Å². The number of benzene rings is 2. The number of aromatic hydroxyl groups is 2. The molecule has 0 unspecified atom stereocenters. The lowest BCUT2D eigenvalue weighted by Crippen LogP contribution is -2.29. The number of ether oxygens (including phenoxy) is 1. The fourth-order valence-corrected chi connectivity index (χ4v) is 4.56. The molecule has 0 bridgehead atoms. The largest absolute Gasteiger partial charge is 0.508 e. The number of unbranched alkanes of at least 4 members (excludes halogenated alkanes) is 4. The van der Waals surface area contributed by atoms with E-state index in [-0.39, 0.29) is 24.8 Å². The van der Waals surface area contributed by atoms with Gasteiger partial charge in [0, 0.05) is 25.3 Å². The second kappa shape index (κ2) is 16.6. The number of nitrogens with one attached hydrogen (secondary N) is 1. The molecule has 0 saturated carbocycles. The number of hydrogen-bond donors (Lipinski definition) is 6. The van der Waals surface area contributed by atoms with E-state index < -0.39 is 17.7 Å². The van der Waals surface area contributed by atoms with E-state index in [1.807, 2.05) is 18.2 Å². The monoisotopic (exact) mass is 570 g/mol. The first-order valence-electron chi connectivity index (χ1n) is 14.1. The van der Waals surface area contributed by atoms with Crippen molar-refractivity contribution >= 4 is 5.91 Å². The zero-order chi connectivity index (χ0) is 29.6. The highest BCUT2D eigenvalue weighted by molar-refractivity contribution is 5.73. The lowest BCUT2D eigenvalue weighted by atomic mass is 10.1. The number of primary amides is 1. The SMILES string of the molecule is NC(=O)Cn1c(O)cn(-c2cccc(CCCCOCCCCCCNC[C@H](O)c3ccc(O)c(CO)c3)c2)c1=O. The van der Waals surface area contributed by atoms with Crippen LogP contribution in [0.1, 0.15) is 61.3 Å². The van der Waals surface area contributed by atoms with Crippen LogP contribution in [-0.4, -0.2) is 61.8 Å². The normalized spacial score (nSPS) is 12.0. The lowest BCUT2D eigenvalue weighted by molar-refractivity contribution is -0.118. The molecule has 0 aliphatic carbocycles. The number of imidazole rings is 1. The van der Waals surface area contributed by atoms with Crippen LogP contribution in [0.25, 0.3) is 5.69 Å². The smallest absolute Gasteiger partial charge is 0.336 e. The van der Waals surface area contributed by atoms with Crippen molar-refractivity contribution in [2.45, 2.75) is 64.2 Å². The van der Waals surface area contributed by atoms with Gasteiger partial charge in [0.2, 0.25) is 11.8 Å². The minimum absolute atomic E-state index is 0.0257. The summed E-state index contributed by atoms with van der Waals surface area (Å²) >= 11 is 0. The summed E-state index contributed by atoms with van der Waals surface area (Å²) in [5.41, 5.74) is 7.38. The van der Waals surface area contributed by atoms with E-state index in [0.717, 1.165) is 68.2 Å². The summed E-state index contributed by atoms with van der Waals surface area (Å²) in [5, 5.41) is 42.4. The summed E-state index contributed by atoms with van der Waals surface area (Å²) in [6, 6.07) is 12.3. The molecule has 3 rings (SSSR count). The van der Waals surface area contributed by atoms with Crippen molar-refractivity contribution in [2.24, 2.45) is 5.73 Å². The van der Waals surface area contributed by atoms with Crippen molar-refractivity contribution < 1.29 is 30.0 Å². The van der Waals surface area contributed by atoms with E-state index in [2.05, 4.69) is 5.32 Å². The Balaban J connectivity index is 1.22. The number of aromatic nitrogens is 2. The predicted molar refractivity (Wildman–Crippen MR) is 155 cm³/mol. The fraction of sp³-hybridized carbons (Fsp3) is 0.467. The van der Waals surface area contributed by atoms with Crippen molar-refractivity contribution in [2.75, 3.05) is 26.3 Å². The summed E-state index contributed by atoms with van der Waals surface area (Å²) in [6.45, 7) is 1.99. The van der Waals surface area contributed by atoms with E-state index >= 15 is 0 Å². The molecule has 2 aromatic carbocycles. The lowest BCUT2D eigenvalue weighted by Gasteiger charge is -2.14. The molecule has 1 aromatic heterocycles. The summed E-state index contributed by atoms with van der Waals surface area (Å²) in [4.78, 5) is 23.7. The van der Waals surface area contributed by atoms with Crippen molar-refractivity contribution in [1.29, 1.82) is 0 Å². The van der Waals surface area contributed by atoms with Gasteiger partial charge in [-0.15, -0.1) is 0 Å². The number of nitrogens with two attached hydrogens (primary N) is 1. The molecule has 11 nitrogen and oxygen atoms in total. The van der Waals surface area contributed by atoms with E-state index in [1.54, 1.807) is 18.2 Å². The maximum atomic E-state index is 12.5. The van der Waals surface area contributed by atoms with Gasteiger partial charge in [0.15, 0.2) is 0 Å². The summed E-state index contributed by atoms with van der Waals surface area (Å²) in [7, 11) is 0. The Kier molecular flexibility index (Phi) is 12.9. The second-order valence-electron chi connectivity index (χ2n) is 10.1. The Morgan fingerprint density at radius 3 is 2.51 bits per heavy atom. The number of nitrogens with zero attached hydrogens (tertiary/aromatic N) is 2. The van der Waals surface area contributed by atoms with Crippen LogP contribution in [-0.2, 0) is 29.1 Å². The molecular formula is C30H42N4O7. The molecule has 7 N–H and O–H groups in total. The summed E-state index contributed by atoms with van der Waals surface area (Å²) < 4.78 is 8.00. The van der Waals surface area contributed by atoms with E-state index in [0.29, 0.717) is 30.0 Å². The van der Waals surface area contributed by atoms with Gasteiger partial charge in [-0.05, 0) is 74.0 Å². The topological polar surface area (TPSA) is 172 Å². The Hall–Kier alpha value is -3.64. The van der Waals surface area contributed by atoms with E-state index in [1.165, 1.54) is 16.8 Å². The molecule has 0 spiro atoms. The summed E-state index contributed by atoms with van der Waals surface area (Å²) in [6.07, 6.45) is 7.44. The van der Waals surface area contributed by atoms with Gasteiger partial charge in [-0.25, -0.2) is 4.79 Å². The van der Waals surface area contributed by atoms with Crippen molar-refractivity contribution in [3.8, 4) is 17.3 Å². The molecular weight excluding hydrogens is 528 g/mol. The third kappa shape index (κ3) is 10.0. The van der Waals surface area contributed by atoms with Crippen LogP contribution in [0.15, 0.2) is 53.5 Å². The first-order chi connectivity index (χ1) is 19.8. The molecule has 3 aromatic rings. The van der Waals surface area contributed by atoms with E-state index in [9.17, 15) is 30.0 Å². The van der Waals surface area contributed by atoms with Gasteiger partial charge >= 0.3 is 5.69 Å². The highest BCUT2D eigenvalue weighted by Crippen LogP contribution is 2.22. The zero-order valence-electron chi connectivity index (χ0n) is 23.4. The van der Waals surface area contributed by atoms with Crippen LogP contribution >= 0.6 is 0 Å². The van der Waals surface area contributed by atoms with Gasteiger partial charge in [-0.3, -0.25) is 13.9 Å². The van der Waals surface area contributed by atoms with Gasteiger partial charge in [0.25, 0.3) is 0 Å². The number of carbonyl (C=O) groups is 1. The van der Waals surface area contributed by atoms with Crippen LogP contribution in [0.2, 0.25) is 0 Å². The van der Waals surface area contributed by atoms with Crippen LogP contribution in [0.5, 0.6) is 11.6 Å². The second-order valence-corrected chi connectivity index (χ2v) is 10.1. The van der Waals surface area contributed by atoms with Crippen LogP contribution < -0.4 is 16.7 Å². The Morgan fingerprint density at radius 2 is 1.76 bits per heavy atom. The molecule has 0 fully saturated rings. The average molecular weight is 571 g/mol. The molecule has 224 valence electrons. The summed E-state index contributed by atoms with van der Waals surface area (Å²) in [5.74, 6) is -0.991. The highest BCUT2D eigenvalue weighted by Gasteiger charge is 2.14. The van der Waals surface area contributed by atoms with Crippen LogP contribution in [0.4, 0.5) is 0 Å². The molecule has 1 amide bonds. The number of amides is 1. The number of aliphatic hydroxyl groups excluding tert-OH is 2. The molecule has 0 saturated heterocycles. The first kappa shape index (κ1) is 31.9. The van der Waals surface area contributed by atoms with Gasteiger partial charge < -0.3 is 36.2 Å². The standard InChI is InChI=1S/C30H42N4O7/c31-28(38)19-34-29(39)20-33(30(34)40)25-10-7-9-22(16-25)8-3-6-15-41-14-5-2-1-4-13-32-18-27(37)23-11-12-26(36)24(17-23)21-35/h7,9-12,16-17,20,27,32,35-37,39H,1-6,8,13-15,18-19,21H2,(H2,31,38)/t27-/m0/s1. The molecule has 0 aliphatic rings. The number of aliphatic hydroxyl groups is 2. The number of rotatable bonds is 19. The van der Waals surface area contributed by atoms with Gasteiger partial charge in [-0.1, -0.05) is 31.0 Å². The first-order valence-corrected chi connectivity index (χ1v) is 14.1. The minimum atomic E-state index is -0.705. The predicted octanol–water partition coefficient (Wildman–Crippen LogP) is 2.25. The number of aryl methyl sites for hydroxylation is 1. The highest BCUT2D eigenvalue weighted by atomic mass is 16.5. The van der Waals surface area contributed by atoms with Crippen LogP contribution in [0, 0.1) is 0 Å². The Morgan fingerprint density at radius 1 is 1.00 bits per heavy atom. The maximum absolute atomic E-state index is 12.5. The molecule has 41 heavy (non-hydrogen) atoms.